The van der Waals surface area contributed by atoms with E-state index in [9.17, 15) is 4.79 Å². The van der Waals surface area contributed by atoms with Crippen molar-refractivity contribution in [1.82, 2.24) is 4.98 Å². The number of hydrogen-bond donors (Lipinski definition) is 0. The molecule has 0 aliphatic carbocycles. The summed E-state index contributed by atoms with van der Waals surface area (Å²) in [5.41, 5.74) is 1.32. The molecular weight excluding hydrogens is 208 g/mol. The van der Waals surface area contributed by atoms with Gasteiger partial charge in [-0.1, -0.05) is 0 Å². The van der Waals surface area contributed by atoms with E-state index in [1.165, 1.54) is 7.11 Å². The molecule has 0 spiro atoms. The van der Waals surface area contributed by atoms with Crippen molar-refractivity contribution in [2.24, 2.45) is 0 Å². The predicted octanol–water partition coefficient (Wildman–Crippen LogP) is 0.705. The average Bonchev–Trinajstić information content (AvgIpc) is 2.39. The third-order valence-corrected chi connectivity index (χ3v) is 2.51. The fraction of sp³-hybridized carbons (Fsp3) is 0.455. The van der Waals surface area contributed by atoms with E-state index >= 15 is 0 Å². The van der Waals surface area contributed by atoms with Gasteiger partial charge in [0.1, 0.15) is 5.69 Å². The van der Waals surface area contributed by atoms with E-state index in [1.807, 2.05) is 6.07 Å². The maximum Gasteiger partial charge on any atom is 0.356 e. The monoisotopic (exact) mass is 222 g/mol. The molecule has 0 N–H and O–H groups in total. The molecule has 16 heavy (non-hydrogen) atoms. The Kier molecular flexibility index (Phi) is 3.36. The van der Waals surface area contributed by atoms with Crippen LogP contribution < -0.4 is 4.90 Å². The molecule has 0 bridgehead atoms. The van der Waals surface area contributed by atoms with Crippen molar-refractivity contribution in [3.8, 4) is 0 Å². The lowest BCUT2D eigenvalue weighted by molar-refractivity contribution is 0.0594. The van der Waals surface area contributed by atoms with Crippen molar-refractivity contribution < 1.29 is 14.3 Å². The number of morpholine rings is 1. The first-order valence-corrected chi connectivity index (χ1v) is 5.18. The molecule has 1 aromatic heterocycles. The first-order chi connectivity index (χ1) is 7.81. The van der Waals surface area contributed by atoms with Crippen LogP contribution in [0, 0.1) is 0 Å². The van der Waals surface area contributed by atoms with Crippen LogP contribution in [0.2, 0.25) is 0 Å². The Labute approximate surface area is 94.0 Å². The number of aromatic nitrogens is 1. The van der Waals surface area contributed by atoms with Crippen molar-refractivity contribution in [1.29, 1.82) is 0 Å². The molecule has 0 amide bonds. The predicted molar refractivity (Wildman–Crippen MR) is 58.6 cm³/mol. The number of rotatable bonds is 2. The fourth-order valence-corrected chi connectivity index (χ4v) is 1.65. The summed E-state index contributed by atoms with van der Waals surface area (Å²) in [5, 5.41) is 0. The SMILES string of the molecule is COC(=O)c1cc(N2CCOCC2)ccn1. The van der Waals surface area contributed by atoms with Crippen LogP contribution in [0.4, 0.5) is 5.69 Å². The minimum Gasteiger partial charge on any atom is -0.464 e. The van der Waals surface area contributed by atoms with E-state index in [4.69, 9.17) is 4.74 Å². The highest BCUT2D eigenvalue weighted by Gasteiger charge is 2.14. The number of carbonyl (C=O) groups is 1. The second-order valence-electron chi connectivity index (χ2n) is 3.49. The molecule has 1 aliphatic heterocycles. The Balaban J connectivity index is 2.17. The number of methoxy groups -OCH3 is 1. The minimum atomic E-state index is -0.407. The molecule has 0 unspecified atom stereocenters. The van der Waals surface area contributed by atoms with Crippen LogP contribution >= 0.6 is 0 Å². The lowest BCUT2D eigenvalue weighted by atomic mass is 10.2. The normalized spacial score (nSPS) is 15.9. The summed E-state index contributed by atoms with van der Waals surface area (Å²) in [4.78, 5) is 17.5. The minimum absolute atomic E-state index is 0.339. The molecule has 86 valence electrons. The fourth-order valence-electron chi connectivity index (χ4n) is 1.65. The number of hydrogen-bond acceptors (Lipinski definition) is 5. The molecule has 5 heteroatoms. The Morgan fingerprint density at radius 1 is 1.50 bits per heavy atom. The van der Waals surface area contributed by atoms with Crippen molar-refractivity contribution in [3.05, 3.63) is 24.0 Å². The van der Waals surface area contributed by atoms with Crippen LogP contribution in [0.1, 0.15) is 10.5 Å². The van der Waals surface area contributed by atoms with E-state index in [2.05, 4.69) is 14.6 Å². The molecule has 0 atom stereocenters. The van der Waals surface area contributed by atoms with Gasteiger partial charge in [0, 0.05) is 25.0 Å². The summed E-state index contributed by atoms with van der Waals surface area (Å²) in [6, 6.07) is 3.63. The molecule has 1 aromatic rings. The molecule has 1 saturated heterocycles. The Morgan fingerprint density at radius 2 is 2.25 bits per heavy atom. The third-order valence-electron chi connectivity index (χ3n) is 2.51. The van der Waals surface area contributed by atoms with Gasteiger partial charge in [-0.15, -0.1) is 0 Å². The number of nitrogens with zero attached hydrogens (tertiary/aromatic N) is 2. The summed E-state index contributed by atoms with van der Waals surface area (Å²) in [7, 11) is 1.35. The largest absolute Gasteiger partial charge is 0.464 e. The summed E-state index contributed by atoms with van der Waals surface area (Å²) >= 11 is 0. The Bertz CT molecular complexity index is 375. The van der Waals surface area contributed by atoms with Gasteiger partial charge in [-0.25, -0.2) is 9.78 Å². The van der Waals surface area contributed by atoms with E-state index in [-0.39, 0.29) is 0 Å². The van der Waals surface area contributed by atoms with Crippen LogP contribution in [-0.4, -0.2) is 44.4 Å². The zero-order valence-electron chi connectivity index (χ0n) is 9.18. The quantitative estimate of drug-likeness (QED) is 0.690. The van der Waals surface area contributed by atoms with Crippen LogP contribution in [0.5, 0.6) is 0 Å². The number of anilines is 1. The highest BCUT2D eigenvalue weighted by atomic mass is 16.5. The van der Waals surface area contributed by atoms with Gasteiger partial charge in [0.05, 0.1) is 20.3 Å². The molecule has 2 rings (SSSR count). The van der Waals surface area contributed by atoms with Gasteiger partial charge in [0.25, 0.3) is 0 Å². The topological polar surface area (TPSA) is 51.7 Å². The molecule has 0 radical (unpaired) electrons. The van der Waals surface area contributed by atoms with Crippen molar-refractivity contribution in [3.63, 3.8) is 0 Å². The van der Waals surface area contributed by atoms with Crippen molar-refractivity contribution in [2.45, 2.75) is 0 Å². The maximum absolute atomic E-state index is 11.3. The van der Waals surface area contributed by atoms with Gasteiger partial charge in [-0.05, 0) is 12.1 Å². The summed E-state index contributed by atoms with van der Waals surface area (Å²) in [6.45, 7) is 3.11. The van der Waals surface area contributed by atoms with Gasteiger partial charge in [0.2, 0.25) is 0 Å². The highest BCUT2D eigenvalue weighted by Crippen LogP contribution is 2.16. The lowest BCUT2D eigenvalue weighted by Crippen LogP contribution is -2.36. The molecule has 1 fully saturated rings. The zero-order valence-corrected chi connectivity index (χ0v) is 9.18. The van der Waals surface area contributed by atoms with Gasteiger partial charge in [-0.2, -0.15) is 0 Å². The number of ether oxygens (including phenoxy) is 2. The van der Waals surface area contributed by atoms with Crippen molar-refractivity contribution in [2.75, 3.05) is 38.3 Å². The molecule has 5 nitrogen and oxygen atoms in total. The van der Waals surface area contributed by atoms with Gasteiger partial charge in [-0.3, -0.25) is 0 Å². The average molecular weight is 222 g/mol. The number of pyridine rings is 1. The number of carbonyl (C=O) groups excluding carboxylic acids is 1. The van der Waals surface area contributed by atoms with Crippen molar-refractivity contribution >= 4 is 11.7 Å². The van der Waals surface area contributed by atoms with Crippen LogP contribution in [-0.2, 0) is 9.47 Å². The van der Waals surface area contributed by atoms with E-state index in [1.54, 1.807) is 12.3 Å². The van der Waals surface area contributed by atoms with Crippen LogP contribution in [0.3, 0.4) is 0 Å². The Morgan fingerprint density at radius 3 is 2.94 bits per heavy atom. The molecule has 1 aliphatic rings. The second-order valence-corrected chi connectivity index (χ2v) is 3.49. The first kappa shape index (κ1) is 10.9. The third kappa shape index (κ3) is 2.30. The summed E-state index contributed by atoms with van der Waals surface area (Å²) in [5.74, 6) is -0.407. The van der Waals surface area contributed by atoms with Crippen LogP contribution in [0.15, 0.2) is 18.3 Å². The first-order valence-electron chi connectivity index (χ1n) is 5.18. The summed E-state index contributed by atoms with van der Waals surface area (Å²) in [6.07, 6.45) is 1.62. The Hall–Kier alpha value is -1.62. The zero-order chi connectivity index (χ0) is 11.4. The molecule has 0 aromatic carbocycles. The van der Waals surface area contributed by atoms with E-state index in [0.29, 0.717) is 5.69 Å². The van der Waals surface area contributed by atoms with Gasteiger partial charge >= 0.3 is 5.97 Å². The lowest BCUT2D eigenvalue weighted by Gasteiger charge is -2.28. The maximum atomic E-state index is 11.3. The highest BCUT2D eigenvalue weighted by molar-refractivity contribution is 5.88. The second kappa shape index (κ2) is 4.94. The summed E-state index contributed by atoms with van der Waals surface area (Å²) < 4.78 is 9.91. The molecular formula is C11H14N2O3. The molecule has 2 heterocycles. The van der Waals surface area contributed by atoms with E-state index in [0.717, 1.165) is 32.0 Å². The smallest absolute Gasteiger partial charge is 0.356 e. The number of esters is 1. The molecule has 0 saturated carbocycles. The van der Waals surface area contributed by atoms with Crippen LogP contribution in [0.25, 0.3) is 0 Å². The van der Waals surface area contributed by atoms with Gasteiger partial charge in [0.15, 0.2) is 0 Å². The standard InChI is InChI=1S/C11H14N2O3/c1-15-11(14)10-8-9(2-3-12-10)13-4-6-16-7-5-13/h2-3,8H,4-7H2,1H3. The van der Waals surface area contributed by atoms with E-state index < -0.39 is 5.97 Å². The van der Waals surface area contributed by atoms with Gasteiger partial charge < -0.3 is 14.4 Å².